The Bertz CT molecular complexity index is 1410. The summed E-state index contributed by atoms with van der Waals surface area (Å²) in [5.74, 6) is 2.15. The molecule has 1 aliphatic heterocycles. The Morgan fingerprint density at radius 3 is 2.84 bits per heavy atom. The number of fused-ring (bicyclic) bond motifs is 1. The fraction of sp³-hybridized carbons (Fsp3) is 0.296. The first kappa shape index (κ1) is 24.9. The standard InChI is InChI=1S/C27H30BrN7O2/c1-29-27(32-15-19-6-7-22(36)12-25(19)37)34-9-3-5-20(17-34)21-10-24-23(28)16-33-35(24)26(11-21)31-14-18-4-2-8-30-13-18/h2,4,6-8,10-13,16,20,31,36-37H,3,5,9,14-15,17H2,1H3,(H,29,32). The first-order valence-corrected chi connectivity index (χ1v) is 13.1. The molecule has 1 fully saturated rings. The zero-order chi connectivity index (χ0) is 25.8. The van der Waals surface area contributed by atoms with Crippen molar-refractivity contribution < 1.29 is 10.2 Å². The first-order chi connectivity index (χ1) is 18.0. The van der Waals surface area contributed by atoms with Crippen molar-refractivity contribution in [1.29, 1.82) is 0 Å². The number of nitrogens with one attached hydrogen (secondary N) is 2. The Kier molecular flexibility index (Phi) is 7.45. The van der Waals surface area contributed by atoms with Crippen LogP contribution in [0.2, 0.25) is 0 Å². The summed E-state index contributed by atoms with van der Waals surface area (Å²) in [6.45, 7) is 2.80. The summed E-state index contributed by atoms with van der Waals surface area (Å²) in [5.41, 5.74) is 4.07. The molecule has 0 saturated carbocycles. The third kappa shape index (κ3) is 5.64. The maximum absolute atomic E-state index is 10.1. The summed E-state index contributed by atoms with van der Waals surface area (Å²) in [6.07, 6.45) is 7.59. The van der Waals surface area contributed by atoms with E-state index < -0.39 is 0 Å². The number of phenols is 2. The van der Waals surface area contributed by atoms with Crippen molar-refractivity contribution in [2.24, 2.45) is 4.99 Å². The average Bonchev–Trinajstić information content (AvgIpc) is 3.30. The zero-order valence-electron chi connectivity index (χ0n) is 20.6. The Balaban J connectivity index is 1.33. The molecule has 1 aromatic carbocycles. The van der Waals surface area contributed by atoms with Crippen molar-refractivity contribution in [3.8, 4) is 11.5 Å². The smallest absolute Gasteiger partial charge is 0.193 e. The van der Waals surface area contributed by atoms with Gasteiger partial charge in [0.1, 0.15) is 17.3 Å². The minimum atomic E-state index is 0.0422. The molecule has 0 radical (unpaired) electrons. The summed E-state index contributed by atoms with van der Waals surface area (Å²) in [4.78, 5) is 11.0. The number of likely N-dealkylation sites (tertiary alicyclic amines) is 1. The Morgan fingerprint density at radius 1 is 1.16 bits per heavy atom. The molecule has 1 saturated heterocycles. The average molecular weight is 564 g/mol. The van der Waals surface area contributed by atoms with E-state index in [9.17, 15) is 10.2 Å². The number of phenolic OH excluding ortho intramolecular Hbond substituents is 2. The van der Waals surface area contributed by atoms with E-state index in [0.29, 0.717) is 24.6 Å². The highest BCUT2D eigenvalue weighted by molar-refractivity contribution is 9.10. The molecular weight excluding hydrogens is 534 g/mol. The van der Waals surface area contributed by atoms with Gasteiger partial charge in [-0.15, -0.1) is 0 Å². The van der Waals surface area contributed by atoms with Gasteiger partial charge in [-0.3, -0.25) is 9.98 Å². The van der Waals surface area contributed by atoms with Crippen molar-refractivity contribution in [1.82, 2.24) is 24.8 Å². The van der Waals surface area contributed by atoms with Crippen LogP contribution >= 0.6 is 15.9 Å². The molecule has 1 aliphatic rings. The van der Waals surface area contributed by atoms with Gasteiger partial charge in [-0.1, -0.05) is 6.07 Å². The quantitative estimate of drug-likeness (QED) is 0.202. The van der Waals surface area contributed by atoms with E-state index >= 15 is 0 Å². The van der Waals surface area contributed by atoms with Crippen LogP contribution in [-0.2, 0) is 13.1 Å². The van der Waals surface area contributed by atoms with E-state index in [2.05, 4.69) is 64.7 Å². The number of anilines is 1. The highest BCUT2D eigenvalue weighted by Crippen LogP contribution is 2.32. The number of aromatic hydroxyl groups is 2. The van der Waals surface area contributed by atoms with Crippen molar-refractivity contribution in [2.75, 3.05) is 25.5 Å². The van der Waals surface area contributed by atoms with Gasteiger partial charge >= 0.3 is 0 Å². The van der Waals surface area contributed by atoms with Gasteiger partial charge in [0.05, 0.1) is 16.2 Å². The molecule has 4 aromatic rings. The number of halogens is 1. The van der Waals surface area contributed by atoms with E-state index in [4.69, 9.17) is 0 Å². The molecule has 3 aromatic heterocycles. The molecule has 0 amide bonds. The van der Waals surface area contributed by atoms with Crippen LogP contribution in [0.15, 0.2) is 70.5 Å². The van der Waals surface area contributed by atoms with Crippen LogP contribution in [0.5, 0.6) is 11.5 Å². The minimum Gasteiger partial charge on any atom is -0.508 e. The number of guanidine groups is 1. The number of pyridine rings is 2. The van der Waals surface area contributed by atoms with Crippen molar-refractivity contribution >= 4 is 33.2 Å². The predicted molar refractivity (Wildman–Crippen MR) is 148 cm³/mol. The summed E-state index contributed by atoms with van der Waals surface area (Å²) >= 11 is 3.66. The van der Waals surface area contributed by atoms with Crippen LogP contribution in [0.4, 0.5) is 5.82 Å². The number of piperidine rings is 1. The van der Waals surface area contributed by atoms with Gasteiger partial charge in [0.25, 0.3) is 0 Å². The van der Waals surface area contributed by atoms with Gasteiger partial charge in [0.2, 0.25) is 0 Å². The van der Waals surface area contributed by atoms with Crippen molar-refractivity contribution in [2.45, 2.75) is 31.8 Å². The molecule has 9 nitrogen and oxygen atoms in total. The van der Waals surface area contributed by atoms with E-state index in [1.807, 2.05) is 23.0 Å². The molecule has 0 bridgehead atoms. The lowest BCUT2D eigenvalue weighted by atomic mass is 9.91. The second-order valence-corrected chi connectivity index (χ2v) is 10.0. The molecule has 4 heterocycles. The largest absolute Gasteiger partial charge is 0.508 e. The molecule has 5 rings (SSSR count). The molecule has 0 spiro atoms. The molecule has 10 heteroatoms. The lowest BCUT2D eigenvalue weighted by Crippen LogP contribution is -2.45. The zero-order valence-corrected chi connectivity index (χ0v) is 22.2. The Labute approximate surface area is 224 Å². The number of benzene rings is 1. The normalized spacial score (nSPS) is 16.2. The van der Waals surface area contributed by atoms with E-state index in [0.717, 1.165) is 53.3 Å². The lowest BCUT2D eigenvalue weighted by molar-refractivity contribution is 0.300. The lowest BCUT2D eigenvalue weighted by Gasteiger charge is -2.35. The van der Waals surface area contributed by atoms with Gasteiger partial charge in [0.15, 0.2) is 5.96 Å². The van der Waals surface area contributed by atoms with Gasteiger partial charge in [-0.25, -0.2) is 4.52 Å². The summed E-state index contributed by atoms with van der Waals surface area (Å²) in [5, 5.41) is 31.2. The van der Waals surface area contributed by atoms with Crippen LogP contribution < -0.4 is 10.6 Å². The van der Waals surface area contributed by atoms with Crippen LogP contribution in [-0.4, -0.2) is 55.8 Å². The highest BCUT2D eigenvalue weighted by atomic mass is 79.9. The fourth-order valence-corrected chi connectivity index (χ4v) is 5.16. The maximum Gasteiger partial charge on any atom is 0.193 e. The number of rotatable bonds is 6. The predicted octanol–water partition coefficient (Wildman–Crippen LogP) is 4.47. The number of hydrogen-bond donors (Lipinski definition) is 4. The first-order valence-electron chi connectivity index (χ1n) is 12.3. The molecule has 1 unspecified atom stereocenters. The van der Waals surface area contributed by atoms with E-state index in [1.54, 1.807) is 25.4 Å². The minimum absolute atomic E-state index is 0.0422. The summed E-state index contributed by atoms with van der Waals surface area (Å²) in [6, 6.07) is 13.0. The summed E-state index contributed by atoms with van der Waals surface area (Å²) in [7, 11) is 1.78. The van der Waals surface area contributed by atoms with Crippen LogP contribution in [0.1, 0.15) is 35.4 Å². The SMILES string of the molecule is CN=C(NCc1ccc(O)cc1O)N1CCCC(c2cc(NCc3cccnc3)n3ncc(Br)c3c2)C1. The topological polar surface area (TPSA) is 110 Å². The highest BCUT2D eigenvalue weighted by Gasteiger charge is 2.25. The van der Waals surface area contributed by atoms with Crippen molar-refractivity contribution in [3.05, 3.63) is 82.2 Å². The number of nitrogens with zero attached hydrogens (tertiary/aromatic N) is 5. The molecule has 37 heavy (non-hydrogen) atoms. The van der Waals surface area contributed by atoms with Gasteiger partial charge in [0, 0.05) is 63.2 Å². The monoisotopic (exact) mass is 563 g/mol. The van der Waals surface area contributed by atoms with Gasteiger partial charge in [-0.2, -0.15) is 5.10 Å². The third-order valence-corrected chi connectivity index (χ3v) is 7.31. The van der Waals surface area contributed by atoms with Crippen LogP contribution in [0.3, 0.4) is 0 Å². The van der Waals surface area contributed by atoms with Gasteiger partial charge < -0.3 is 25.7 Å². The fourth-order valence-electron chi connectivity index (χ4n) is 4.79. The number of hydrogen-bond acceptors (Lipinski definition) is 6. The maximum atomic E-state index is 10.1. The van der Waals surface area contributed by atoms with E-state index in [1.165, 1.54) is 11.6 Å². The molecule has 4 N–H and O–H groups in total. The third-order valence-electron chi connectivity index (χ3n) is 6.70. The van der Waals surface area contributed by atoms with E-state index in [-0.39, 0.29) is 11.5 Å². The molecule has 192 valence electrons. The number of aliphatic imine (C=N–C) groups is 1. The Hall–Kier alpha value is -3.79. The molecule has 1 atom stereocenters. The second kappa shape index (κ2) is 11.1. The molecular formula is C27H30BrN7O2. The summed E-state index contributed by atoms with van der Waals surface area (Å²) < 4.78 is 2.88. The van der Waals surface area contributed by atoms with Crippen molar-refractivity contribution in [3.63, 3.8) is 0 Å². The second-order valence-electron chi connectivity index (χ2n) is 9.18. The Morgan fingerprint density at radius 2 is 2.05 bits per heavy atom. The van der Waals surface area contributed by atoms with Crippen LogP contribution in [0.25, 0.3) is 5.52 Å². The molecule has 0 aliphatic carbocycles. The van der Waals surface area contributed by atoms with Gasteiger partial charge in [-0.05, 0) is 70.2 Å². The van der Waals surface area contributed by atoms with Crippen LogP contribution in [0, 0.1) is 0 Å². The number of aromatic nitrogens is 3.